The van der Waals surface area contributed by atoms with Crippen molar-refractivity contribution in [2.75, 3.05) is 31.3 Å². The summed E-state index contributed by atoms with van der Waals surface area (Å²) in [6, 6.07) is 12.4. The molecular formula is C19H22N6O2S. The van der Waals surface area contributed by atoms with Gasteiger partial charge in [-0.05, 0) is 35.7 Å². The van der Waals surface area contributed by atoms with Crippen molar-refractivity contribution < 1.29 is 8.42 Å². The van der Waals surface area contributed by atoms with Crippen LogP contribution in [0.1, 0.15) is 24.7 Å². The van der Waals surface area contributed by atoms with Crippen LogP contribution in [0.25, 0.3) is 10.8 Å². The van der Waals surface area contributed by atoms with Crippen LogP contribution < -0.4 is 10.6 Å². The highest BCUT2D eigenvalue weighted by Gasteiger charge is 2.38. The lowest BCUT2D eigenvalue weighted by Gasteiger charge is -2.24. The standard InChI is InChI=1S/C19H22N6O2S/c1-24(2)19-22-17(21-18(20)23-19)16-8-5-11-25(16)28(26,27)15-10-9-13-6-3-4-7-14(13)12-15/h3-4,6-7,9-10,12,16H,5,8,11H2,1-2H3,(H2,20,21,22,23). The lowest BCUT2D eigenvalue weighted by Crippen LogP contribution is -2.32. The van der Waals surface area contributed by atoms with Gasteiger partial charge in [-0.25, -0.2) is 8.42 Å². The van der Waals surface area contributed by atoms with Gasteiger partial charge in [-0.1, -0.05) is 30.3 Å². The van der Waals surface area contributed by atoms with E-state index in [2.05, 4.69) is 15.0 Å². The maximum atomic E-state index is 13.4. The Balaban J connectivity index is 1.74. The van der Waals surface area contributed by atoms with Crippen LogP contribution in [0.15, 0.2) is 47.4 Å². The van der Waals surface area contributed by atoms with Crippen LogP contribution in [0.3, 0.4) is 0 Å². The third kappa shape index (κ3) is 3.27. The van der Waals surface area contributed by atoms with Crippen LogP contribution in [-0.4, -0.2) is 48.3 Å². The van der Waals surface area contributed by atoms with E-state index in [4.69, 9.17) is 5.73 Å². The topological polar surface area (TPSA) is 105 Å². The van der Waals surface area contributed by atoms with Crippen LogP contribution in [0.5, 0.6) is 0 Å². The minimum atomic E-state index is -3.69. The third-order valence-corrected chi connectivity index (χ3v) is 6.79. The Morgan fingerprint density at radius 2 is 1.82 bits per heavy atom. The molecule has 146 valence electrons. The number of benzene rings is 2. The monoisotopic (exact) mass is 398 g/mol. The van der Waals surface area contributed by atoms with Crippen molar-refractivity contribution in [1.82, 2.24) is 19.3 Å². The van der Waals surface area contributed by atoms with Crippen molar-refractivity contribution in [2.24, 2.45) is 0 Å². The summed E-state index contributed by atoms with van der Waals surface area (Å²) in [5.74, 6) is 0.888. The summed E-state index contributed by atoms with van der Waals surface area (Å²) >= 11 is 0. The van der Waals surface area contributed by atoms with Crippen LogP contribution in [0.2, 0.25) is 0 Å². The fourth-order valence-corrected chi connectivity index (χ4v) is 5.19. The maximum absolute atomic E-state index is 13.4. The Hall–Kier alpha value is -2.78. The second-order valence-corrected chi connectivity index (χ2v) is 8.92. The summed E-state index contributed by atoms with van der Waals surface area (Å²) in [5, 5.41) is 1.89. The van der Waals surface area contributed by atoms with Crippen molar-refractivity contribution in [3.63, 3.8) is 0 Å². The van der Waals surface area contributed by atoms with E-state index in [1.807, 2.05) is 30.3 Å². The number of sulfonamides is 1. The van der Waals surface area contributed by atoms with E-state index in [0.29, 0.717) is 24.7 Å². The van der Waals surface area contributed by atoms with Gasteiger partial charge in [0.1, 0.15) is 0 Å². The molecule has 2 aromatic carbocycles. The average Bonchev–Trinajstić information content (AvgIpc) is 3.18. The molecule has 3 aromatic rings. The normalized spacial score (nSPS) is 17.9. The smallest absolute Gasteiger partial charge is 0.243 e. The number of anilines is 2. The molecule has 1 aliphatic heterocycles. The van der Waals surface area contributed by atoms with Gasteiger partial charge in [0.25, 0.3) is 0 Å². The van der Waals surface area contributed by atoms with Crippen LogP contribution in [-0.2, 0) is 10.0 Å². The summed E-state index contributed by atoms with van der Waals surface area (Å²) < 4.78 is 28.2. The Morgan fingerprint density at radius 1 is 1.07 bits per heavy atom. The molecule has 0 amide bonds. The number of aromatic nitrogens is 3. The van der Waals surface area contributed by atoms with Crippen LogP contribution >= 0.6 is 0 Å². The minimum absolute atomic E-state index is 0.0867. The molecule has 1 atom stereocenters. The van der Waals surface area contributed by atoms with E-state index in [1.54, 1.807) is 31.1 Å². The van der Waals surface area contributed by atoms with Gasteiger partial charge in [-0.3, -0.25) is 0 Å². The second-order valence-electron chi connectivity index (χ2n) is 7.03. The van der Waals surface area contributed by atoms with E-state index >= 15 is 0 Å². The summed E-state index contributed by atoms with van der Waals surface area (Å²) in [5.41, 5.74) is 5.84. The number of rotatable bonds is 4. The van der Waals surface area contributed by atoms with Crippen molar-refractivity contribution in [3.05, 3.63) is 48.3 Å². The quantitative estimate of drug-likeness (QED) is 0.718. The zero-order chi connectivity index (χ0) is 19.9. The largest absolute Gasteiger partial charge is 0.368 e. The zero-order valence-corrected chi connectivity index (χ0v) is 16.6. The van der Waals surface area contributed by atoms with Gasteiger partial charge in [0, 0.05) is 20.6 Å². The van der Waals surface area contributed by atoms with Gasteiger partial charge >= 0.3 is 0 Å². The maximum Gasteiger partial charge on any atom is 0.243 e. The number of hydrogen-bond donors (Lipinski definition) is 1. The molecule has 4 rings (SSSR count). The average molecular weight is 398 g/mol. The van der Waals surface area contributed by atoms with Gasteiger partial charge in [0.2, 0.25) is 21.9 Å². The zero-order valence-electron chi connectivity index (χ0n) is 15.8. The van der Waals surface area contributed by atoms with E-state index in [1.165, 1.54) is 4.31 Å². The number of hydrogen-bond acceptors (Lipinski definition) is 7. The second kappa shape index (κ2) is 6.99. The minimum Gasteiger partial charge on any atom is -0.368 e. The third-order valence-electron chi connectivity index (χ3n) is 4.89. The lowest BCUT2D eigenvalue weighted by atomic mass is 10.1. The van der Waals surface area contributed by atoms with Crippen LogP contribution in [0, 0.1) is 0 Å². The van der Waals surface area contributed by atoms with Crippen molar-refractivity contribution >= 4 is 32.7 Å². The van der Waals surface area contributed by atoms with Crippen LogP contribution in [0.4, 0.5) is 11.9 Å². The Labute approximate surface area is 164 Å². The Morgan fingerprint density at radius 3 is 2.57 bits per heavy atom. The molecule has 0 aliphatic carbocycles. The van der Waals surface area contributed by atoms with Gasteiger partial charge in [-0.15, -0.1) is 0 Å². The first-order valence-corrected chi connectivity index (χ1v) is 10.5. The molecule has 28 heavy (non-hydrogen) atoms. The molecule has 8 nitrogen and oxygen atoms in total. The molecule has 1 unspecified atom stereocenters. The van der Waals surface area contributed by atoms with Gasteiger partial charge in [0.05, 0.1) is 10.9 Å². The first-order chi connectivity index (χ1) is 13.4. The molecule has 1 aliphatic rings. The van der Waals surface area contributed by atoms with Gasteiger partial charge in [-0.2, -0.15) is 19.3 Å². The van der Waals surface area contributed by atoms with E-state index in [0.717, 1.165) is 17.2 Å². The van der Waals surface area contributed by atoms with Crippen molar-refractivity contribution in [2.45, 2.75) is 23.8 Å². The van der Waals surface area contributed by atoms with Gasteiger partial charge in [0.15, 0.2) is 5.82 Å². The Kier molecular flexibility index (Phi) is 4.64. The summed E-state index contributed by atoms with van der Waals surface area (Å²) in [6.07, 6.45) is 1.38. The highest BCUT2D eigenvalue weighted by molar-refractivity contribution is 7.89. The first kappa shape index (κ1) is 18.6. The molecule has 0 saturated carbocycles. The number of nitrogens with zero attached hydrogens (tertiary/aromatic N) is 5. The fraction of sp³-hybridized carbons (Fsp3) is 0.316. The molecule has 0 bridgehead atoms. The van der Waals surface area contributed by atoms with E-state index in [9.17, 15) is 8.42 Å². The number of nitrogen functional groups attached to an aromatic ring is 1. The molecule has 0 radical (unpaired) electrons. The summed E-state index contributed by atoms with van der Waals surface area (Å²) in [6.45, 7) is 0.419. The number of fused-ring (bicyclic) bond motifs is 1. The molecule has 2 heterocycles. The van der Waals surface area contributed by atoms with E-state index in [-0.39, 0.29) is 10.8 Å². The molecular weight excluding hydrogens is 376 g/mol. The van der Waals surface area contributed by atoms with E-state index < -0.39 is 16.1 Å². The van der Waals surface area contributed by atoms with Gasteiger partial charge < -0.3 is 10.6 Å². The predicted octanol–water partition coefficient (Wildman–Crippen LogP) is 2.20. The Bertz CT molecular complexity index is 1130. The summed E-state index contributed by atoms with van der Waals surface area (Å²) in [7, 11) is -0.0902. The predicted molar refractivity (Wildman–Crippen MR) is 108 cm³/mol. The molecule has 2 N–H and O–H groups in total. The molecule has 1 aromatic heterocycles. The lowest BCUT2D eigenvalue weighted by molar-refractivity contribution is 0.383. The highest BCUT2D eigenvalue weighted by atomic mass is 32.2. The molecule has 0 spiro atoms. The highest BCUT2D eigenvalue weighted by Crippen LogP contribution is 2.36. The number of nitrogens with two attached hydrogens (primary N) is 1. The molecule has 9 heteroatoms. The summed E-state index contributed by atoms with van der Waals surface area (Å²) in [4.78, 5) is 14.8. The molecule has 1 saturated heterocycles. The SMILES string of the molecule is CN(C)c1nc(N)nc(C2CCCN2S(=O)(=O)c2ccc3ccccc3c2)n1. The van der Waals surface area contributed by atoms with Crippen molar-refractivity contribution in [3.8, 4) is 0 Å². The molecule has 1 fully saturated rings. The van der Waals surface area contributed by atoms with Crippen molar-refractivity contribution in [1.29, 1.82) is 0 Å². The fourth-order valence-electron chi connectivity index (χ4n) is 3.50. The first-order valence-electron chi connectivity index (χ1n) is 9.06.